The standard InChI is InChI=1S/C22H23N5O2/c28-21(16-8-10-19(11-9-16)27-15-23-24-25-27)26-13-17-5-4-12-22(29,20(17)14-26)18-6-2-1-3-7-18/h1-3,6-11,15,17,20,29H,4-5,12-14H2/t17-,20+,22+/m1/s1. The van der Waals surface area contributed by atoms with Crippen molar-refractivity contribution < 1.29 is 9.90 Å². The monoisotopic (exact) mass is 389 g/mol. The molecule has 5 rings (SSSR count). The number of nitrogens with zero attached hydrogens (tertiary/aromatic N) is 5. The van der Waals surface area contributed by atoms with E-state index >= 15 is 0 Å². The highest BCUT2D eigenvalue weighted by atomic mass is 16.3. The average Bonchev–Trinajstić information content (AvgIpc) is 3.45. The van der Waals surface area contributed by atoms with Crippen LogP contribution in [0.2, 0.25) is 0 Å². The molecule has 7 nitrogen and oxygen atoms in total. The van der Waals surface area contributed by atoms with Gasteiger partial charge >= 0.3 is 0 Å². The van der Waals surface area contributed by atoms with Gasteiger partial charge in [0.2, 0.25) is 0 Å². The molecule has 2 fully saturated rings. The lowest BCUT2D eigenvalue weighted by molar-refractivity contribution is -0.0644. The molecule has 2 aliphatic rings. The van der Waals surface area contributed by atoms with Crippen LogP contribution in [-0.4, -0.2) is 49.2 Å². The maximum atomic E-state index is 13.1. The van der Waals surface area contributed by atoms with Crippen LogP contribution in [0.15, 0.2) is 60.9 Å². The van der Waals surface area contributed by atoms with Crippen LogP contribution in [0.3, 0.4) is 0 Å². The van der Waals surface area contributed by atoms with Gasteiger partial charge in [0.1, 0.15) is 6.33 Å². The Labute approximate surface area is 169 Å². The number of carbonyl (C=O) groups is 1. The normalized spacial score (nSPS) is 26.3. The third-order valence-electron chi connectivity index (χ3n) is 6.48. The van der Waals surface area contributed by atoms with E-state index in [1.807, 2.05) is 59.5 Å². The maximum absolute atomic E-state index is 13.1. The van der Waals surface area contributed by atoms with Crippen LogP contribution in [0.5, 0.6) is 0 Å². The van der Waals surface area contributed by atoms with Crippen molar-refractivity contribution in [3.8, 4) is 5.69 Å². The summed E-state index contributed by atoms with van der Waals surface area (Å²) in [6.45, 7) is 1.29. The minimum atomic E-state index is -0.858. The van der Waals surface area contributed by atoms with Crippen molar-refractivity contribution in [1.82, 2.24) is 25.1 Å². The summed E-state index contributed by atoms with van der Waals surface area (Å²) in [5.41, 5.74) is 1.56. The van der Waals surface area contributed by atoms with Crippen molar-refractivity contribution >= 4 is 5.91 Å². The van der Waals surface area contributed by atoms with Gasteiger partial charge in [-0.1, -0.05) is 30.3 Å². The summed E-state index contributed by atoms with van der Waals surface area (Å²) < 4.78 is 1.55. The van der Waals surface area contributed by atoms with E-state index < -0.39 is 5.60 Å². The fraction of sp³-hybridized carbons (Fsp3) is 0.364. The number of hydrogen-bond donors (Lipinski definition) is 1. The number of tetrazole rings is 1. The van der Waals surface area contributed by atoms with E-state index in [1.165, 1.54) is 6.33 Å². The Hall–Kier alpha value is -3.06. The van der Waals surface area contributed by atoms with E-state index in [9.17, 15) is 9.90 Å². The van der Waals surface area contributed by atoms with E-state index in [0.717, 1.165) is 30.5 Å². The van der Waals surface area contributed by atoms with Gasteiger partial charge in [-0.15, -0.1) is 5.10 Å². The zero-order chi connectivity index (χ0) is 19.8. The van der Waals surface area contributed by atoms with Gasteiger partial charge in [-0.3, -0.25) is 4.79 Å². The molecule has 0 radical (unpaired) electrons. The molecule has 2 heterocycles. The van der Waals surface area contributed by atoms with Gasteiger partial charge in [0.05, 0.1) is 11.3 Å². The predicted molar refractivity (Wildman–Crippen MR) is 106 cm³/mol. The topological polar surface area (TPSA) is 84.1 Å². The van der Waals surface area contributed by atoms with Crippen molar-refractivity contribution in [2.75, 3.05) is 13.1 Å². The number of aromatic nitrogens is 4. The van der Waals surface area contributed by atoms with Crippen LogP contribution in [-0.2, 0) is 5.60 Å². The van der Waals surface area contributed by atoms with E-state index in [-0.39, 0.29) is 11.8 Å². The zero-order valence-corrected chi connectivity index (χ0v) is 16.1. The fourth-order valence-corrected chi connectivity index (χ4v) is 4.99. The zero-order valence-electron chi connectivity index (χ0n) is 16.1. The first kappa shape index (κ1) is 18.0. The molecule has 0 bridgehead atoms. The predicted octanol–water partition coefficient (Wildman–Crippen LogP) is 2.42. The molecule has 148 valence electrons. The minimum Gasteiger partial charge on any atom is -0.385 e. The lowest BCUT2D eigenvalue weighted by atomic mass is 9.67. The molecular formula is C22H23N5O2. The molecule has 1 N–H and O–H groups in total. The highest BCUT2D eigenvalue weighted by Crippen LogP contribution is 2.48. The first-order chi connectivity index (χ1) is 14.1. The Kier molecular flexibility index (Phi) is 4.39. The molecule has 7 heteroatoms. The van der Waals surface area contributed by atoms with Gasteiger partial charge in [0, 0.05) is 24.6 Å². The second-order valence-electron chi connectivity index (χ2n) is 8.06. The van der Waals surface area contributed by atoms with Crippen molar-refractivity contribution in [1.29, 1.82) is 0 Å². The summed E-state index contributed by atoms with van der Waals surface area (Å²) in [4.78, 5) is 15.0. The Bertz CT molecular complexity index is 990. The molecule has 3 aromatic rings. The van der Waals surface area contributed by atoms with Crippen molar-refractivity contribution in [2.24, 2.45) is 11.8 Å². The molecule has 0 spiro atoms. The first-order valence-electron chi connectivity index (χ1n) is 10.1. The Morgan fingerprint density at radius 1 is 1.07 bits per heavy atom. The Morgan fingerprint density at radius 3 is 2.59 bits per heavy atom. The van der Waals surface area contributed by atoms with Crippen LogP contribution in [0.4, 0.5) is 0 Å². The van der Waals surface area contributed by atoms with Crippen molar-refractivity contribution in [3.63, 3.8) is 0 Å². The van der Waals surface area contributed by atoms with Crippen LogP contribution < -0.4 is 0 Å². The maximum Gasteiger partial charge on any atom is 0.253 e. The van der Waals surface area contributed by atoms with Gasteiger partial charge in [0.25, 0.3) is 5.91 Å². The summed E-state index contributed by atoms with van der Waals surface area (Å²) >= 11 is 0. The molecular weight excluding hydrogens is 366 g/mol. The molecule has 1 aliphatic carbocycles. The molecule has 1 saturated heterocycles. The highest BCUT2D eigenvalue weighted by Gasteiger charge is 2.50. The third-order valence-corrected chi connectivity index (χ3v) is 6.48. The van der Waals surface area contributed by atoms with Crippen molar-refractivity contribution in [2.45, 2.75) is 24.9 Å². The smallest absolute Gasteiger partial charge is 0.253 e. The highest BCUT2D eigenvalue weighted by molar-refractivity contribution is 5.94. The molecule has 1 amide bonds. The number of benzene rings is 2. The number of fused-ring (bicyclic) bond motifs is 1. The Balaban J connectivity index is 1.36. The van der Waals surface area contributed by atoms with Crippen molar-refractivity contribution in [3.05, 3.63) is 72.1 Å². The number of likely N-dealkylation sites (tertiary alicyclic amines) is 1. The summed E-state index contributed by atoms with van der Waals surface area (Å²) in [6.07, 6.45) is 4.31. The molecule has 1 aliphatic heterocycles. The summed E-state index contributed by atoms with van der Waals surface area (Å²) in [6, 6.07) is 17.2. The average molecular weight is 389 g/mol. The van der Waals surface area contributed by atoms with E-state index in [4.69, 9.17) is 0 Å². The summed E-state index contributed by atoms with van der Waals surface area (Å²) in [7, 11) is 0. The number of carbonyl (C=O) groups excluding carboxylic acids is 1. The number of hydrogen-bond acceptors (Lipinski definition) is 5. The molecule has 1 saturated carbocycles. The second-order valence-corrected chi connectivity index (χ2v) is 8.06. The largest absolute Gasteiger partial charge is 0.385 e. The van der Waals surface area contributed by atoms with Gasteiger partial charge in [-0.25, -0.2) is 4.68 Å². The van der Waals surface area contributed by atoms with E-state index in [2.05, 4.69) is 15.5 Å². The van der Waals surface area contributed by atoms with Gasteiger partial charge in [0.15, 0.2) is 0 Å². The summed E-state index contributed by atoms with van der Waals surface area (Å²) in [5.74, 6) is 0.416. The van der Waals surface area contributed by atoms with Gasteiger partial charge in [-0.05, 0) is 65.4 Å². The van der Waals surface area contributed by atoms with Gasteiger partial charge < -0.3 is 10.0 Å². The lowest BCUT2D eigenvalue weighted by Crippen LogP contribution is -2.42. The quantitative estimate of drug-likeness (QED) is 0.744. The van der Waals surface area contributed by atoms with E-state index in [0.29, 0.717) is 24.6 Å². The number of rotatable bonds is 3. The lowest BCUT2D eigenvalue weighted by Gasteiger charge is -2.41. The molecule has 1 aromatic heterocycles. The number of amides is 1. The summed E-state index contributed by atoms with van der Waals surface area (Å²) in [5, 5.41) is 22.7. The SMILES string of the molecule is O=C(c1ccc(-n2cnnn2)cc1)N1C[C@H]2CCC[C@](O)(c3ccccc3)[C@H]2C1. The molecule has 29 heavy (non-hydrogen) atoms. The first-order valence-corrected chi connectivity index (χ1v) is 10.1. The molecule has 2 aromatic carbocycles. The van der Waals surface area contributed by atoms with Crippen LogP contribution in [0.1, 0.15) is 35.2 Å². The minimum absolute atomic E-state index is 0.0121. The van der Waals surface area contributed by atoms with E-state index in [1.54, 1.807) is 4.68 Å². The van der Waals surface area contributed by atoms with Crippen LogP contribution in [0.25, 0.3) is 5.69 Å². The molecule has 3 atom stereocenters. The Morgan fingerprint density at radius 2 is 1.86 bits per heavy atom. The van der Waals surface area contributed by atoms with Gasteiger partial charge in [-0.2, -0.15) is 0 Å². The number of aliphatic hydroxyl groups is 1. The second kappa shape index (κ2) is 7.08. The fourth-order valence-electron chi connectivity index (χ4n) is 4.99. The molecule has 0 unspecified atom stereocenters. The third kappa shape index (κ3) is 3.11. The van der Waals surface area contributed by atoms with Crippen LogP contribution >= 0.6 is 0 Å². The van der Waals surface area contributed by atoms with Crippen LogP contribution in [0, 0.1) is 11.8 Å².